The van der Waals surface area contributed by atoms with Gasteiger partial charge in [0.1, 0.15) is 0 Å². The summed E-state index contributed by atoms with van der Waals surface area (Å²) in [4.78, 5) is 4.35. The lowest BCUT2D eigenvalue weighted by Gasteiger charge is -2.24. The maximum atomic E-state index is 4.94. The van der Waals surface area contributed by atoms with Gasteiger partial charge >= 0.3 is 0 Å². The molecule has 0 aliphatic heterocycles. The fourth-order valence-corrected chi connectivity index (χ4v) is 1.32. The van der Waals surface area contributed by atoms with Crippen molar-refractivity contribution >= 4 is 0 Å². The molecule has 0 saturated carbocycles. The summed E-state index contributed by atoms with van der Waals surface area (Å²) in [5, 5.41) is 3.21. The second-order valence-corrected chi connectivity index (χ2v) is 3.96. The summed E-state index contributed by atoms with van der Waals surface area (Å²) in [5.74, 6) is 0. The fourth-order valence-electron chi connectivity index (χ4n) is 1.32. The van der Waals surface area contributed by atoms with E-state index in [1.807, 2.05) is 18.3 Å². The van der Waals surface area contributed by atoms with Crippen molar-refractivity contribution in [3.05, 3.63) is 30.1 Å². The second kappa shape index (κ2) is 5.08. The maximum Gasteiger partial charge on any atom is 0.0961 e. The average Bonchev–Trinajstić information content (AvgIpc) is 2.19. The molecule has 0 aliphatic carbocycles. The van der Waals surface area contributed by atoms with Crippen LogP contribution in [0.1, 0.15) is 19.5 Å². The van der Waals surface area contributed by atoms with Crippen molar-refractivity contribution in [1.82, 2.24) is 10.3 Å². The molecule has 0 unspecified atom stereocenters. The lowest BCUT2D eigenvalue weighted by molar-refractivity contribution is 0.169. The topological polar surface area (TPSA) is 34.1 Å². The summed E-state index contributed by atoms with van der Waals surface area (Å²) in [5.41, 5.74) is 1.14. The third-order valence-electron chi connectivity index (χ3n) is 2.17. The Hall–Kier alpha value is -0.930. The van der Waals surface area contributed by atoms with E-state index >= 15 is 0 Å². The van der Waals surface area contributed by atoms with Crippen LogP contribution in [0, 0.1) is 0 Å². The van der Waals surface area contributed by atoms with Crippen LogP contribution >= 0.6 is 0 Å². The van der Waals surface area contributed by atoms with Crippen LogP contribution in [-0.2, 0) is 10.2 Å². The van der Waals surface area contributed by atoms with Crippen LogP contribution in [0.25, 0.3) is 0 Å². The van der Waals surface area contributed by atoms with Gasteiger partial charge < -0.3 is 4.74 Å². The zero-order valence-electron chi connectivity index (χ0n) is 9.08. The number of nitrogens with one attached hydrogen (secondary N) is 1. The molecule has 0 aliphatic rings. The number of nitrogens with zero attached hydrogens (tertiary/aromatic N) is 1. The van der Waals surface area contributed by atoms with E-state index < -0.39 is 0 Å². The van der Waals surface area contributed by atoms with E-state index in [9.17, 15) is 0 Å². The van der Waals surface area contributed by atoms with Crippen molar-refractivity contribution in [2.24, 2.45) is 0 Å². The molecular weight excluding hydrogens is 176 g/mol. The van der Waals surface area contributed by atoms with Crippen LogP contribution in [0.4, 0.5) is 0 Å². The van der Waals surface area contributed by atoms with Crippen LogP contribution in [0.5, 0.6) is 0 Å². The number of hydrogen-bond acceptors (Lipinski definition) is 3. The molecule has 0 atom stereocenters. The number of ether oxygens (including phenoxy) is 1. The highest BCUT2D eigenvalue weighted by molar-refractivity contribution is 5.14. The second-order valence-electron chi connectivity index (χ2n) is 3.96. The van der Waals surface area contributed by atoms with Gasteiger partial charge in [-0.1, -0.05) is 19.9 Å². The first-order valence-corrected chi connectivity index (χ1v) is 4.78. The summed E-state index contributed by atoms with van der Waals surface area (Å²) < 4.78 is 4.94. The minimum Gasteiger partial charge on any atom is -0.370 e. The van der Waals surface area contributed by atoms with Gasteiger partial charge in [0.2, 0.25) is 0 Å². The van der Waals surface area contributed by atoms with Crippen LogP contribution in [0.3, 0.4) is 0 Å². The molecule has 3 heteroatoms. The Morgan fingerprint density at radius 3 is 2.79 bits per heavy atom. The minimum atomic E-state index is 0.0415. The highest BCUT2D eigenvalue weighted by Crippen LogP contribution is 2.19. The molecule has 3 nitrogen and oxygen atoms in total. The molecule has 1 rings (SSSR count). The van der Waals surface area contributed by atoms with Crippen molar-refractivity contribution in [3.63, 3.8) is 0 Å². The predicted octanol–water partition coefficient (Wildman–Crippen LogP) is 1.55. The van der Waals surface area contributed by atoms with E-state index in [2.05, 4.69) is 30.2 Å². The molecule has 0 bridgehead atoms. The van der Waals surface area contributed by atoms with Gasteiger partial charge in [0, 0.05) is 31.0 Å². The lowest BCUT2D eigenvalue weighted by Crippen LogP contribution is -2.34. The molecular formula is C11H18N2O. The molecule has 78 valence electrons. The Bertz CT molecular complexity index is 259. The van der Waals surface area contributed by atoms with Crippen molar-refractivity contribution < 1.29 is 4.74 Å². The summed E-state index contributed by atoms with van der Waals surface area (Å²) in [6.07, 6.45) is 1.83. The first-order valence-electron chi connectivity index (χ1n) is 4.78. The van der Waals surface area contributed by atoms with E-state index in [0.717, 1.165) is 12.2 Å². The molecule has 0 aromatic carbocycles. The number of methoxy groups -OCH3 is 1. The fraction of sp³-hybridized carbons (Fsp3) is 0.545. The normalized spacial score (nSPS) is 11.6. The Morgan fingerprint density at radius 1 is 1.43 bits per heavy atom. The van der Waals surface area contributed by atoms with E-state index in [1.165, 1.54) is 0 Å². The first-order chi connectivity index (χ1) is 6.67. The Balaban J connectivity index is 2.56. The largest absolute Gasteiger partial charge is 0.370 e. The van der Waals surface area contributed by atoms with Crippen molar-refractivity contribution in [2.75, 3.05) is 20.4 Å². The van der Waals surface area contributed by atoms with E-state index in [4.69, 9.17) is 4.74 Å². The Kier molecular flexibility index (Phi) is 4.04. The molecule has 14 heavy (non-hydrogen) atoms. The van der Waals surface area contributed by atoms with Gasteiger partial charge in [-0.05, 0) is 12.1 Å². The SMILES string of the molecule is COCNCC(C)(C)c1ccccn1. The molecule has 0 radical (unpaired) electrons. The number of pyridine rings is 1. The molecule has 0 spiro atoms. The van der Waals surface area contributed by atoms with Gasteiger partial charge in [0.25, 0.3) is 0 Å². The molecule has 0 saturated heterocycles. The van der Waals surface area contributed by atoms with Crippen LogP contribution < -0.4 is 5.32 Å². The number of hydrogen-bond donors (Lipinski definition) is 1. The minimum absolute atomic E-state index is 0.0415. The average molecular weight is 194 g/mol. The number of aromatic nitrogens is 1. The quantitative estimate of drug-likeness (QED) is 0.570. The van der Waals surface area contributed by atoms with E-state index in [-0.39, 0.29) is 5.41 Å². The summed E-state index contributed by atoms with van der Waals surface area (Å²) in [6.45, 7) is 5.77. The monoisotopic (exact) mass is 194 g/mol. The van der Waals surface area contributed by atoms with Gasteiger partial charge in [0.05, 0.1) is 6.73 Å². The molecule has 0 amide bonds. The van der Waals surface area contributed by atoms with Crippen molar-refractivity contribution in [2.45, 2.75) is 19.3 Å². The van der Waals surface area contributed by atoms with Crippen LogP contribution in [0.15, 0.2) is 24.4 Å². The molecule has 1 N–H and O–H groups in total. The highest BCUT2D eigenvalue weighted by atomic mass is 16.5. The van der Waals surface area contributed by atoms with Gasteiger partial charge in [-0.3, -0.25) is 10.3 Å². The number of rotatable bonds is 5. The summed E-state index contributed by atoms with van der Waals surface area (Å²) in [7, 11) is 1.68. The van der Waals surface area contributed by atoms with E-state index in [0.29, 0.717) is 6.73 Å². The molecule has 1 aromatic rings. The van der Waals surface area contributed by atoms with Crippen molar-refractivity contribution in [1.29, 1.82) is 0 Å². The molecule has 1 heterocycles. The van der Waals surface area contributed by atoms with Gasteiger partial charge in [-0.25, -0.2) is 0 Å². The highest BCUT2D eigenvalue weighted by Gasteiger charge is 2.20. The zero-order chi connectivity index (χ0) is 10.4. The third-order valence-corrected chi connectivity index (χ3v) is 2.17. The lowest BCUT2D eigenvalue weighted by atomic mass is 9.89. The summed E-state index contributed by atoms with van der Waals surface area (Å²) in [6, 6.07) is 6.00. The van der Waals surface area contributed by atoms with E-state index in [1.54, 1.807) is 7.11 Å². The Labute approximate surface area is 85.5 Å². The Morgan fingerprint density at radius 2 is 2.21 bits per heavy atom. The third kappa shape index (κ3) is 3.09. The van der Waals surface area contributed by atoms with Gasteiger partial charge in [-0.15, -0.1) is 0 Å². The molecule has 0 fully saturated rings. The van der Waals surface area contributed by atoms with Gasteiger partial charge in [-0.2, -0.15) is 0 Å². The smallest absolute Gasteiger partial charge is 0.0961 e. The van der Waals surface area contributed by atoms with Crippen LogP contribution in [0.2, 0.25) is 0 Å². The maximum absolute atomic E-state index is 4.94. The molecule has 1 aromatic heterocycles. The van der Waals surface area contributed by atoms with Gasteiger partial charge in [0.15, 0.2) is 0 Å². The van der Waals surface area contributed by atoms with Crippen LogP contribution in [-0.4, -0.2) is 25.4 Å². The van der Waals surface area contributed by atoms with Crippen molar-refractivity contribution in [3.8, 4) is 0 Å². The zero-order valence-corrected chi connectivity index (χ0v) is 9.08. The first kappa shape index (κ1) is 11.1. The predicted molar refractivity (Wildman–Crippen MR) is 57.1 cm³/mol. The standard InChI is InChI=1S/C11H18N2O/c1-11(2,8-12-9-14-3)10-6-4-5-7-13-10/h4-7,12H,8-9H2,1-3H3. The summed E-state index contributed by atoms with van der Waals surface area (Å²) >= 11 is 0.